The number of para-hydroxylation sites is 2. The predicted molar refractivity (Wildman–Crippen MR) is 161 cm³/mol. The molecule has 9 nitrogen and oxygen atoms in total. The zero-order chi connectivity index (χ0) is 29.9. The number of methoxy groups -OCH3 is 1. The van der Waals surface area contributed by atoms with E-state index in [0.717, 1.165) is 11.1 Å². The lowest BCUT2D eigenvalue weighted by atomic mass is 9.92. The fraction of sp³-hybridized carbons (Fsp3) is 0.333. The molecule has 1 aliphatic heterocycles. The summed E-state index contributed by atoms with van der Waals surface area (Å²) in [6.07, 6.45) is 2.05. The van der Waals surface area contributed by atoms with Gasteiger partial charge in [0, 0.05) is 31.4 Å². The van der Waals surface area contributed by atoms with Crippen LogP contribution < -0.4 is 21.1 Å². The largest absolute Gasteiger partial charge is 0.495 e. The first-order chi connectivity index (χ1) is 20.4. The van der Waals surface area contributed by atoms with Crippen molar-refractivity contribution < 1.29 is 23.9 Å². The highest BCUT2D eigenvalue weighted by Gasteiger charge is 2.36. The summed E-state index contributed by atoms with van der Waals surface area (Å²) in [6.45, 7) is 0.718. The summed E-state index contributed by atoms with van der Waals surface area (Å²) in [6, 6.07) is 21.9. The quantitative estimate of drug-likeness (QED) is 0.211. The Labute approximate surface area is 246 Å². The molecule has 0 saturated heterocycles. The summed E-state index contributed by atoms with van der Waals surface area (Å²) in [5, 5.41) is 5.78. The van der Waals surface area contributed by atoms with Gasteiger partial charge in [-0.3, -0.25) is 19.2 Å². The van der Waals surface area contributed by atoms with Crippen LogP contribution in [0.25, 0.3) is 0 Å². The van der Waals surface area contributed by atoms with Gasteiger partial charge in [-0.1, -0.05) is 66.7 Å². The van der Waals surface area contributed by atoms with E-state index in [2.05, 4.69) is 10.6 Å². The lowest BCUT2D eigenvalue weighted by Crippen LogP contribution is -2.56. The maximum absolute atomic E-state index is 13.8. The molecule has 0 aromatic heterocycles. The Hall–Kier alpha value is -4.50. The maximum atomic E-state index is 13.8. The van der Waals surface area contributed by atoms with Crippen molar-refractivity contribution >= 4 is 29.2 Å². The lowest BCUT2D eigenvalue weighted by Gasteiger charge is -2.37. The fourth-order valence-corrected chi connectivity index (χ4v) is 5.15. The Balaban J connectivity index is 1.51. The van der Waals surface area contributed by atoms with Crippen molar-refractivity contribution in [3.8, 4) is 5.75 Å². The van der Waals surface area contributed by atoms with Gasteiger partial charge in [-0.25, -0.2) is 0 Å². The molecule has 9 heteroatoms. The van der Waals surface area contributed by atoms with Crippen LogP contribution >= 0.6 is 0 Å². The topological polar surface area (TPSA) is 131 Å². The third kappa shape index (κ3) is 7.82. The Morgan fingerprint density at radius 2 is 1.60 bits per heavy atom. The zero-order valence-electron chi connectivity index (χ0n) is 23.9. The smallest absolute Gasteiger partial charge is 0.247 e. The van der Waals surface area contributed by atoms with Gasteiger partial charge in [0.05, 0.1) is 12.8 Å². The summed E-state index contributed by atoms with van der Waals surface area (Å²) >= 11 is 0. The SMILES string of the molecule is COc1ccccc1NC(=O)[C@H](CCCCN)NC(=O)[C@@H]1Cc2ccccc2CN1C(=O)CCC(=O)c1ccccc1. The van der Waals surface area contributed by atoms with Crippen molar-refractivity contribution in [1.29, 1.82) is 0 Å². The first-order valence-corrected chi connectivity index (χ1v) is 14.3. The molecule has 0 radical (unpaired) electrons. The molecular weight excluding hydrogens is 532 g/mol. The molecule has 4 N–H and O–H groups in total. The Morgan fingerprint density at radius 3 is 2.33 bits per heavy atom. The molecule has 0 bridgehead atoms. The number of ketones is 1. The molecule has 0 unspecified atom stereocenters. The highest BCUT2D eigenvalue weighted by molar-refractivity contribution is 6.00. The van der Waals surface area contributed by atoms with Crippen LogP contribution in [0.15, 0.2) is 78.9 Å². The summed E-state index contributed by atoms with van der Waals surface area (Å²) in [4.78, 5) is 54.9. The summed E-state index contributed by atoms with van der Waals surface area (Å²) in [5.41, 5.74) is 8.65. The van der Waals surface area contributed by atoms with Crippen molar-refractivity contribution in [2.45, 2.75) is 57.2 Å². The van der Waals surface area contributed by atoms with Crippen LogP contribution in [-0.2, 0) is 27.3 Å². The van der Waals surface area contributed by atoms with Gasteiger partial charge in [0.15, 0.2) is 5.78 Å². The van der Waals surface area contributed by atoms with E-state index in [1.807, 2.05) is 30.3 Å². The minimum absolute atomic E-state index is 0.0199. The first kappa shape index (κ1) is 30.5. The summed E-state index contributed by atoms with van der Waals surface area (Å²) < 4.78 is 5.36. The van der Waals surface area contributed by atoms with Gasteiger partial charge >= 0.3 is 0 Å². The number of Topliss-reactive ketones (excluding diaryl/α,β-unsaturated/α-hetero) is 1. The Kier molecular flexibility index (Phi) is 10.8. The van der Waals surface area contributed by atoms with Crippen LogP contribution in [0.4, 0.5) is 5.69 Å². The number of hydrogen-bond donors (Lipinski definition) is 3. The van der Waals surface area contributed by atoms with Gasteiger partial charge in [0.25, 0.3) is 0 Å². The normalized spacial score (nSPS) is 14.8. The third-order valence-corrected chi connectivity index (χ3v) is 7.48. The lowest BCUT2D eigenvalue weighted by molar-refractivity contribution is -0.142. The number of amides is 3. The average Bonchev–Trinajstić information content (AvgIpc) is 3.03. The van der Waals surface area contributed by atoms with Crippen molar-refractivity contribution in [3.63, 3.8) is 0 Å². The Morgan fingerprint density at radius 1 is 0.905 bits per heavy atom. The van der Waals surface area contributed by atoms with Crippen LogP contribution in [0.3, 0.4) is 0 Å². The number of fused-ring (bicyclic) bond motifs is 1. The summed E-state index contributed by atoms with van der Waals surface area (Å²) in [5.74, 6) is -0.710. The molecule has 2 atom stereocenters. The minimum Gasteiger partial charge on any atom is -0.495 e. The van der Waals surface area contributed by atoms with E-state index in [-0.39, 0.29) is 37.0 Å². The molecule has 1 heterocycles. The Bertz CT molecular complexity index is 1390. The van der Waals surface area contributed by atoms with E-state index < -0.39 is 18.0 Å². The van der Waals surface area contributed by atoms with Crippen molar-refractivity contribution in [2.24, 2.45) is 5.73 Å². The maximum Gasteiger partial charge on any atom is 0.247 e. The van der Waals surface area contributed by atoms with E-state index >= 15 is 0 Å². The van der Waals surface area contributed by atoms with Crippen molar-refractivity contribution in [3.05, 3.63) is 95.6 Å². The number of nitrogens with one attached hydrogen (secondary N) is 2. The number of ether oxygens (including phenoxy) is 1. The van der Waals surface area contributed by atoms with E-state index in [0.29, 0.717) is 49.2 Å². The second kappa shape index (κ2) is 14.9. The van der Waals surface area contributed by atoms with E-state index in [1.165, 1.54) is 12.0 Å². The number of anilines is 1. The molecule has 0 saturated carbocycles. The average molecular weight is 571 g/mol. The molecule has 42 heavy (non-hydrogen) atoms. The van der Waals surface area contributed by atoms with Crippen LogP contribution in [0.1, 0.15) is 53.6 Å². The van der Waals surface area contributed by atoms with E-state index in [4.69, 9.17) is 10.5 Å². The predicted octanol–water partition coefficient (Wildman–Crippen LogP) is 3.86. The zero-order valence-corrected chi connectivity index (χ0v) is 23.9. The second-order valence-electron chi connectivity index (χ2n) is 10.3. The molecule has 4 rings (SSSR count). The minimum atomic E-state index is -0.845. The number of nitrogens with two attached hydrogens (primary N) is 1. The molecule has 0 spiro atoms. The van der Waals surface area contributed by atoms with Crippen molar-refractivity contribution in [2.75, 3.05) is 19.0 Å². The van der Waals surface area contributed by atoms with Gasteiger partial charge in [-0.2, -0.15) is 0 Å². The molecular formula is C33H38N4O5. The molecule has 3 aromatic carbocycles. The molecule has 0 fully saturated rings. The van der Waals surface area contributed by atoms with Gasteiger partial charge < -0.3 is 26.0 Å². The molecule has 1 aliphatic rings. The fourth-order valence-electron chi connectivity index (χ4n) is 5.15. The van der Waals surface area contributed by atoms with Gasteiger partial charge in [0.1, 0.15) is 17.8 Å². The van der Waals surface area contributed by atoms with Crippen LogP contribution in [0, 0.1) is 0 Å². The number of hydrogen-bond acceptors (Lipinski definition) is 6. The molecule has 0 aliphatic carbocycles. The first-order valence-electron chi connectivity index (χ1n) is 14.3. The number of benzene rings is 3. The number of carbonyl (C=O) groups excluding carboxylic acids is 4. The van der Waals surface area contributed by atoms with Crippen LogP contribution in [-0.4, -0.2) is 54.1 Å². The third-order valence-electron chi connectivity index (χ3n) is 7.48. The van der Waals surface area contributed by atoms with Crippen LogP contribution in [0.5, 0.6) is 5.75 Å². The number of carbonyl (C=O) groups is 4. The van der Waals surface area contributed by atoms with Crippen LogP contribution in [0.2, 0.25) is 0 Å². The monoisotopic (exact) mass is 570 g/mol. The van der Waals surface area contributed by atoms with Gasteiger partial charge in [-0.15, -0.1) is 0 Å². The molecule has 3 aromatic rings. The summed E-state index contributed by atoms with van der Waals surface area (Å²) in [7, 11) is 1.52. The second-order valence-corrected chi connectivity index (χ2v) is 10.3. The van der Waals surface area contributed by atoms with E-state index in [1.54, 1.807) is 48.5 Å². The van der Waals surface area contributed by atoms with Gasteiger partial charge in [-0.05, 0) is 49.1 Å². The molecule has 220 valence electrons. The number of rotatable bonds is 13. The molecule has 3 amide bonds. The highest BCUT2D eigenvalue weighted by Crippen LogP contribution is 2.26. The standard InChI is InChI=1S/C33H38N4O5/c1-42-30-17-8-7-15-26(30)35-32(40)27(16-9-10-20-34)36-33(41)28-21-24-13-5-6-14-25(24)22-37(28)31(39)19-18-29(38)23-11-3-2-4-12-23/h2-8,11-15,17,27-28H,9-10,16,18-22,34H2,1H3,(H,35,40)(H,36,41)/t27-,28-/m0/s1. The number of unbranched alkanes of at least 4 members (excludes halogenated alkanes) is 1. The van der Waals surface area contributed by atoms with Crippen molar-refractivity contribution in [1.82, 2.24) is 10.2 Å². The van der Waals surface area contributed by atoms with E-state index in [9.17, 15) is 19.2 Å². The highest BCUT2D eigenvalue weighted by atomic mass is 16.5. The van der Waals surface area contributed by atoms with Gasteiger partial charge in [0.2, 0.25) is 17.7 Å². The number of nitrogens with zero attached hydrogens (tertiary/aromatic N) is 1.